The molecule has 0 unspecified atom stereocenters. The maximum atomic E-state index is 7.25. The summed E-state index contributed by atoms with van der Waals surface area (Å²) in [4.78, 5) is 0. The molecule has 4 heteroatoms. The lowest BCUT2D eigenvalue weighted by Crippen LogP contribution is -2.62. The van der Waals surface area contributed by atoms with E-state index in [9.17, 15) is 0 Å². The Bertz CT molecular complexity index is 652. The maximum absolute atomic E-state index is 7.25. The van der Waals surface area contributed by atoms with Gasteiger partial charge in [0.25, 0.3) is 0 Å². The van der Waals surface area contributed by atoms with Crippen LogP contribution in [0.3, 0.4) is 0 Å². The minimum absolute atomic E-state index is 1.14. The van der Waals surface area contributed by atoms with E-state index in [1.54, 1.807) is 0 Å². The van der Waals surface area contributed by atoms with E-state index >= 15 is 0 Å². The van der Waals surface area contributed by atoms with Crippen LogP contribution in [0.5, 0.6) is 0 Å². The first kappa shape index (κ1) is 20.0. The molecule has 0 aromatic heterocycles. The van der Waals surface area contributed by atoms with Crippen LogP contribution >= 0.6 is 22.2 Å². The Kier molecular flexibility index (Phi) is 7.08. The van der Waals surface area contributed by atoms with Gasteiger partial charge in [0, 0.05) is 0 Å². The van der Waals surface area contributed by atoms with Gasteiger partial charge in [0.2, 0.25) is 7.38 Å². The van der Waals surface area contributed by atoms with Crippen LogP contribution in [-0.2, 0) is 0 Å². The topological polar surface area (TPSA) is 0 Å². The quantitative estimate of drug-likeness (QED) is 0.330. The van der Waals surface area contributed by atoms with Crippen LogP contribution in [0.15, 0.2) is 91.0 Å². The van der Waals surface area contributed by atoms with E-state index < -0.39 is 14.8 Å². The van der Waals surface area contributed by atoms with E-state index in [2.05, 4.69) is 92.4 Å². The van der Waals surface area contributed by atoms with Crippen molar-refractivity contribution >= 4 is 52.5 Å². The van der Waals surface area contributed by atoms with Crippen molar-refractivity contribution in [1.29, 1.82) is 0 Å². The Hall–Kier alpha value is -1.33. The van der Waals surface area contributed by atoms with Gasteiger partial charge in [-0.25, -0.2) is 0 Å². The molecule has 0 nitrogen and oxygen atoms in total. The third-order valence-corrected chi connectivity index (χ3v) is 8.87. The molecule has 0 saturated carbocycles. The van der Waals surface area contributed by atoms with Crippen LogP contribution in [0.2, 0.25) is 19.6 Å². The number of rotatable bonds is 3. The SMILES string of the molecule is C[Si](C)(C)Cl.Cl[Si](c1ccccc1)(c1ccccc1)c1ccccc1. The molecular weight excluding hydrogens is 379 g/mol. The van der Waals surface area contributed by atoms with Crippen molar-refractivity contribution in [2.45, 2.75) is 19.6 Å². The highest BCUT2D eigenvalue weighted by Gasteiger charge is 2.37. The predicted molar refractivity (Wildman–Crippen MR) is 119 cm³/mol. The smallest absolute Gasteiger partial charge is 0.168 e. The van der Waals surface area contributed by atoms with Crippen molar-refractivity contribution in [2.75, 3.05) is 0 Å². The van der Waals surface area contributed by atoms with Gasteiger partial charge < -0.3 is 0 Å². The fraction of sp³-hybridized carbons (Fsp3) is 0.143. The van der Waals surface area contributed by atoms with Crippen LogP contribution in [-0.4, -0.2) is 14.8 Å². The van der Waals surface area contributed by atoms with Gasteiger partial charge in [0.05, 0.1) is 0 Å². The summed E-state index contributed by atoms with van der Waals surface area (Å²) in [7, 11) is -3.54. The fourth-order valence-electron chi connectivity index (χ4n) is 2.50. The fourth-order valence-corrected chi connectivity index (χ4v) is 6.59. The van der Waals surface area contributed by atoms with E-state index in [1.807, 2.05) is 18.2 Å². The summed E-state index contributed by atoms with van der Waals surface area (Å²) in [5.74, 6) is 0. The van der Waals surface area contributed by atoms with Crippen molar-refractivity contribution < 1.29 is 0 Å². The molecule has 0 N–H and O–H groups in total. The number of hydrogen-bond acceptors (Lipinski definition) is 0. The molecule has 0 heterocycles. The molecule has 0 radical (unpaired) electrons. The predicted octanol–water partition coefficient (Wildman–Crippen LogP) is 4.95. The second kappa shape index (κ2) is 8.86. The monoisotopic (exact) mass is 402 g/mol. The van der Waals surface area contributed by atoms with Gasteiger partial charge >= 0.3 is 0 Å². The largest absolute Gasteiger partial charge is 0.247 e. The normalized spacial score (nSPS) is 11.4. The molecule has 130 valence electrons. The zero-order valence-corrected chi connectivity index (χ0v) is 18.4. The van der Waals surface area contributed by atoms with Crippen molar-refractivity contribution in [2.24, 2.45) is 0 Å². The molecule has 0 fully saturated rings. The molecule has 0 bridgehead atoms. The Morgan fingerprint density at radius 3 is 0.880 bits per heavy atom. The Balaban J connectivity index is 0.000000399. The zero-order chi connectivity index (χ0) is 18.3. The van der Waals surface area contributed by atoms with Crippen LogP contribution in [0, 0.1) is 0 Å². The average molecular weight is 404 g/mol. The minimum Gasteiger partial charge on any atom is -0.168 e. The van der Waals surface area contributed by atoms with Crippen molar-refractivity contribution in [3.8, 4) is 0 Å². The lowest BCUT2D eigenvalue weighted by Gasteiger charge is -2.26. The third-order valence-electron chi connectivity index (χ3n) is 3.51. The highest BCUT2D eigenvalue weighted by Crippen LogP contribution is 2.11. The second-order valence-corrected chi connectivity index (χ2v) is 19.1. The molecule has 3 aromatic rings. The average Bonchev–Trinajstić information content (AvgIpc) is 2.62. The molecule has 3 aromatic carbocycles. The Morgan fingerprint density at radius 2 is 0.680 bits per heavy atom. The van der Waals surface area contributed by atoms with Crippen molar-refractivity contribution in [1.82, 2.24) is 0 Å². The first-order valence-electron chi connectivity index (χ1n) is 8.36. The van der Waals surface area contributed by atoms with Crippen molar-refractivity contribution in [3.05, 3.63) is 91.0 Å². The van der Waals surface area contributed by atoms with E-state index in [0.29, 0.717) is 0 Å². The lowest BCUT2D eigenvalue weighted by atomic mass is 10.3. The summed E-state index contributed by atoms with van der Waals surface area (Å²) in [6, 6.07) is 31.3. The summed E-state index contributed by atoms with van der Waals surface area (Å²) in [6.45, 7) is 6.28. The molecule has 0 aliphatic heterocycles. The van der Waals surface area contributed by atoms with Gasteiger partial charge in [-0.05, 0) is 15.6 Å². The summed E-state index contributed by atoms with van der Waals surface area (Å²) >= 11 is 12.9. The van der Waals surface area contributed by atoms with Gasteiger partial charge in [0.1, 0.15) is 7.38 Å². The zero-order valence-electron chi connectivity index (χ0n) is 14.9. The highest BCUT2D eigenvalue weighted by atomic mass is 35.6. The highest BCUT2D eigenvalue weighted by molar-refractivity contribution is 7.40. The number of benzene rings is 3. The Labute approximate surface area is 162 Å². The second-order valence-electron chi connectivity index (χ2n) is 6.82. The maximum Gasteiger partial charge on any atom is 0.247 e. The number of halogens is 2. The van der Waals surface area contributed by atoms with Gasteiger partial charge in [-0.3, -0.25) is 0 Å². The van der Waals surface area contributed by atoms with Crippen molar-refractivity contribution in [3.63, 3.8) is 0 Å². The van der Waals surface area contributed by atoms with Gasteiger partial charge in [-0.1, -0.05) is 111 Å². The third kappa shape index (κ3) is 5.86. The molecular formula is C21H24Cl2Si2. The summed E-state index contributed by atoms with van der Waals surface area (Å²) in [5.41, 5.74) is 0. The molecule has 0 spiro atoms. The molecule has 3 rings (SSSR count). The van der Waals surface area contributed by atoms with Crippen LogP contribution in [0.4, 0.5) is 0 Å². The minimum atomic E-state index is -2.41. The van der Waals surface area contributed by atoms with Gasteiger partial charge in [0.15, 0.2) is 0 Å². The van der Waals surface area contributed by atoms with E-state index in [0.717, 1.165) is 0 Å². The summed E-state index contributed by atoms with van der Waals surface area (Å²) < 4.78 is 0. The summed E-state index contributed by atoms with van der Waals surface area (Å²) in [5, 5.41) is 3.66. The van der Waals surface area contributed by atoms with Gasteiger partial charge in [-0.2, -0.15) is 11.1 Å². The lowest BCUT2D eigenvalue weighted by molar-refractivity contribution is 1.70. The van der Waals surface area contributed by atoms with Crippen LogP contribution < -0.4 is 15.6 Å². The number of hydrogen-bond donors (Lipinski definition) is 0. The molecule has 0 saturated heterocycles. The first-order chi connectivity index (χ1) is 11.8. The standard InChI is InChI=1S/C18H15ClSi.C3H9ClSi/c19-20(16-10-4-1-5-11-16,17-12-6-2-7-13-17)18-14-8-3-9-15-18;1-5(2,3)4/h1-15H;1-3H3. The van der Waals surface area contributed by atoms with Gasteiger partial charge in [-0.15, -0.1) is 11.1 Å². The molecule has 0 aliphatic carbocycles. The van der Waals surface area contributed by atoms with Crippen LogP contribution in [0.25, 0.3) is 0 Å². The Morgan fingerprint density at radius 1 is 0.480 bits per heavy atom. The molecule has 25 heavy (non-hydrogen) atoms. The summed E-state index contributed by atoms with van der Waals surface area (Å²) in [6.07, 6.45) is 0. The first-order valence-corrected chi connectivity index (χ1v) is 15.9. The molecule has 0 aliphatic rings. The van der Waals surface area contributed by atoms with E-state index in [-0.39, 0.29) is 0 Å². The van der Waals surface area contributed by atoms with E-state index in [1.165, 1.54) is 15.6 Å². The molecule has 0 atom stereocenters. The van der Waals surface area contributed by atoms with Crippen LogP contribution in [0.1, 0.15) is 0 Å². The molecule has 0 amide bonds. The van der Waals surface area contributed by atoms with E-state index in [4.69, 9.17) is 22.2 Å².